The Hall–Kier alpha value is -1.84. The normalized spacial score (nSPS) is 9.67. The first-order chi connectivity index (χ1) is 7.13. The highest BCUT2D eigenvalue weighted by molar-refractivity contribution is 5.74. The summed E-state index contributed by atoms with van der Waals surface area (Å²) in [7, 11) is 1.30. The number of carbonyl (C=O) groups excluding carboxylic acids is 2. The third kappa shape index (κ3) is 3.42. The Kier molecular flexibility index (Phi) is 3.85. The van der Waals surface area contributed by atoms with E-state index in [4.69, 9.17) is 0 Å². The van der Waals surface area contributed by atoms with Crippen LogP contribution in [0.1, 0.15) is 11.1 Å². The number of hydrogen-bond donors (Lipinski definition) is 0. The number of aliphatic carboxylic acids is 1. The van der Waals surface area contributed by atoms with E-state index in [1.807, 2.05) is 0 Å². The molecule has 0 aliphatic carbocycles. The fourth-order valence-corrected chi connectivity index (χ4v) is 1.29. The molecule has 0 fully saturated rings. The molecule has 1 aromatic carbocycles. The lowest BCUT2D eigenvalue weighted by atomic mass is 10.0. The summed E-state index contributed by atoms with van der Waals surface area (Å²) in [5.74, 6) is -1.55. The molecule has 0 saturated heterocycles. The third-order valence-electron chi connectivity index (χ3n) is 2.02. The number of benzene rings is 1. The van der Waals surface area contributed by atoms with Crippen molar-refractivity contribution in [3.8, 4) is 0 Å². The molecule has 0 aliphatic rings. The number of methoxy groups -OCH3 is 1. The van der Waals surface area contributed by atoms with Gasteiger partial charge in [-0.05, 0) is 11.1 Å². The lowest BCUT2D eigenvalue weighted by molar-refractivity contribution is -0.304. The van der Waals surface area contributed by atoms with Crippen LogP contribution >= 0.6 is 0 Å². The minimum Gasteiger partial charge on any atom is -0.550 e. The van der Waals surface area contributed by atoms with Crippen LogP contribution in [0.3, 0.4) is 0 Å². The Bertz CT molecular complexity index is 371. The summed E-state index contributed by atoms with van der Waals surface area (Å²) in [6, 6.07) is 6.83. The van der Waals surface area contributed by atoms with Gasteiger partial charge in [-0.15, -0.1) is 0 Å². The largest absolute Gasteiger partial charge is 0.550 e. The monoisotopic (exact) mass is 207 g/mol. The van der Waals surface area contributed by atoms with Crippen LogP contribution in [0.4, 0.5) is 0 Å². The van der Waals surface area contributed by atoms with Crippen LogP contribution in [0.15, 0.2) is 24.3 Å². The van der Waals surface area contributed by atoms with Gasteiger partial charge in [0.1, 0.15) is 0 Å². The average molecular weight is 207 g/mol. The van der Waals surface area contributed by atoms with Gasteiger partial charge in [0.15, 0.2) is 0 Å². The molecule has 4 nitrogen and oxygen atoms in total. The second kappa shape index (κ2) is 5.14. The van der Waals surface area contributed by atoms with E-state index >= 15 is 0 Å². The zero-order chi connectivity index (χ0) is 11.3. The summed E-state index contributed by atoms with van der Waals surface area (Å²) in [5.41, 5.74) is 1.25. The number of hydrogen-bond acceptors (Lipinski definition) is 4. The number of carboxylic acid groups (broad SMARTS) is 1. The molecule has 0 saturated carbocycles. The molecule has 0 amide bonds. The highest BCUT2D eigenvalue weighted by atomic mass is 16.5. The van der Waals surface area contributed by atoms with Crippen molar-refractivity contribution in [3.63, 3.8) is 0 Å². The summed E-state index contributed by atoms with van der Waals surface area (Å²) < 4.78 is 4.51. The molecule has 4 heteroatoms. The van der Waals surface area contributed by atoms with Gasteiger partial charge in [-0.25, -0.2) is 0 Å². The predicted molar refractivity (Wildman–Crippen MR) is 50.9 cm³/mol. The van der Waals surface area contributed by atoms with Gasteiger partial charge in [0.25, 0.3) is 0 Å². The average Bonchev–Trinajstić information content (AvgIpc) is 2.20. The summed E-state index contributed by atoms with van der Waals surface area (Å²) in [6.07, 6.45) is -0.104. The van der Waals surface area contributed by atoms with Crippen molar-refractivity contribution in [1.82, 2.24) is 0 Å². The van der Waals surface area contributed by atoms with Crippen molar-refractivity contribution in [2.24, 2.45) is 0 Å². The van der Waals surface area contributed by atoms with Crippen LogP contribution in [0.5, 0.6) is 0 Å². The minimum atomic E-state index is -1.16. The number of esters is 1. The van der Waals surface area contributed by atoms with E-state index in [1.165, 1.54) is 7.11 Å². The van der Waals surface area contributed by atoms with E-state index in [0.29, 0.717) is 11.1 Å². The van der Waals surface area contributed by atoms with Gasteiger partial charge in [0, 0.05) is 12.4 Å². The smallest absolute Gasteiger partial charge is 0.309 e. The van der Waals surface area contributed by atoms with Gasteiger partial charge in [0.05, 0.1) is 13.5 Å². The molecule has 0 heterocycles. The van der Waals surface area contributed by atoms with E-state index in [0.717, 1.165) is 0 Å². The number of carbonyl (C=O) groups is 2. The second-order valence-corrected chi connectivity index (χ2v) is 3.07. The van der Waals surface area contributed by atoms with E-state index in [1.54, 1.807) is 24.3 Å². The number of carboxylic acids is 1. The van der Waals surface area contributed by atoms with E-state index in [-0.39, 0.29) is 18.8 Å². The topological polar surface area (TPSA) is 66.4 Å². The van der Waals surface area contributed by atoms with Crippen molar-refractivity contribution in [2.75, 3.05) is 7.11 Å². The summed E-state index contributed by atoms with van der Waals surface area (Å²) in [6.45, 7) is 0. The SMILES string of the molecule is COC(=O)Cc1ccccc1CC(=O)[O-]. The van der Waals surface area contributed by atoms with Crippen molar-refractivity contribution in [3.05, 3.63) is 35.4 Å². The van der Waals surface area contributed by atoms with E-state index in [9.17, 15) is 14.7 Å². The van der Waals surface area contributed by atoms with Crippen LogP contribution in [-0.4, -0.2) is 19.0 Å². The standard InChI is InChI=1S/C11H12O4/c1-15-11(14)7-9-5-3-2-4-8(9)6-10(12)13/h2-5H,6-7H2,1H3,(H,12,13)/p-1. The fraction of sp³-hybridized carbons (Fsp3) is 0.273. The first kappa shape index (κ1) is 11.2. The summed E-state index contributed by atoms with van der Waals surface area (Å²) in [4.78, 5) is 21.5. The molecule has 0 radical (unpaired) electrons. The van der Waals surface area contributed by atoms with Gasteiger partial charge >= 0.3 is 5.97 Å². The molecule has 1 aromatic rings. The van der Waals surface area contributed by atoms with Crippen molar-refractivity contribution >= 4 is 11.9 Å². The lowest BCUT2D eigenvalue weighted by Crippen LogP contribution is -2.25. The van der Waals surface area contributed by atoms with Gasteiger partial charge in [0.2, 0.25) is 0 Å². The highest BCUT2D eigenvalue weighted by Crippen LogP contribution is 2.10. The van der Waals surface area contributed by atoms with Gasteiger partial charge < -0.3 is 14.6 Å². The summed E-state index contributed by atoms with van der Waals surface area (Å²) in [5, 5.41) is 10.4. The zero-order valence-electron chi connectivity index (χ0n) is 8.36. The number of rotatable bonds is 4. The molecule has 0 N–H and O–H groups in total. The van der Waals surface area contributed by atoms with Gasteiger partial charge in [-0.3, -0.25) is 4.79 Å². The molecule has 0 bridgehead atoms. The first-order valence-corrected chi connectivity index (χ1v) is 4.47. The van der Waals surface area contributed by atoms with Crippen LogP contribution in [-0.2, 0) is 27.2 Å². The zero-order valence-corrected chi connectivity index (χ0v) is 8.36. The molecule has 15 heavy (non-hydrogen) atoms. The molecule has 0 atom stereocenters. The van der Waals surface area contributed by atoms with Crippen LogP contribution in [0.2, 0.25) is 0 Å². The quantitative estimate of drug-likeness (QED) is 0.635. The van der Waals surface area contributed by atoms with Gasteiger partial charge in [-0.1, -0.05) is 24.3 Å². The van der Waals surface area contributed by atoms with E-state index in [2.05, 4.69) is 4.74 Å². The minimum absolute atomic E-state index is 0.0833. The third-order valence-corrected chi connectivity index (χ3v) is 2.02. The molecular weight excluding hydrogens is 196 g/mol. The Morgan fingerprint density at radius 3 is 2.20 bits per heavy atom. The molecule has 1 rings (SSSR count). The summed E-state index contributed by atoms with van der Waals surface area (Å²) >= 11 is 0. The van der Waals surface area contributed by atoms with Crippen molar-refractivity contribution < 1.29 is 19.4 Å². The van der Waals surface area contributed by atoms with Crippen LogP contribution in [0, 0.1) is 0 Å². The Labute approximate surface area is 87.5 Å². The Morgan fingerprint density at radius 1 is 1.20 bits per heavy atom. The highest BCUT2D eigenvalue weighted by Gasteiger charge is 2.07. The molecule has 0 aliphatic heterocycles. The van der Waals surface area contributed by atoms with Crippen LogP contribution < -0.4 is 5.11 Å². The predicted octanol–water partition coefficient (Wildman–Crippen LogP) is -0.306. The maximum atomic E-state index is 11.0. The first-order valence-electron chi connectivity index (χ1n) is 4.47. The lowest BCUT2D eigenvalue weighted by Gasteiger charge is -2.08. The Morgan fingerprint density at radius 2 is 1.73 bits per heavy atom. The van der Waals surface area contributed by atoms with E-state index < -0.39 is 5.97 Å². The van der Waals surface area contributed by atoms with Gasteiger partial charge in [-0.2, -0.15) is 0 Å². The fourth-order valence-electron chi connectivity index (χ4n) is 1.29. The maximum Gasteiger partial charge on any atom is 0.309 e. The second-order valence-electron chi connectivity index (χ2n) is 3.07. The molecular formula is C11H11O4-. The maximum absolute atomic E-state index is 11.0. The molecule has 0 unspecified atom stereocenters. The molecule has 0 spiro atoms. The van der Waals surface area contributed by atoms with Crippen molar-refractivity contribution in [1.29, 1.82) is 0 Å². The van der Waals surface area contributed by atoms with Crippen LogP contribution in [0.25, 0.3) is 0 Å². The number of ether oxygens (including phenoxy) is 1. The van der Waals surface area contributed by atoms with Crippen molar-refractivity contribution in [2.45, 2.75) is 12.8 Å². The molecule has 0 aromatic heterocycles. The Balaban J connectivity index is 2.85. The molecule has 80 valence electrons.